The number of halogens is 1. The van der Waals surface area contributed by atoms with Crippen LogP contribution in [-0.2, 0) is 14.3 Å². The van der Waals surface area contributed by atoms with Crippen LogP contribution < -0.4 is 15.5 Å². The highest BCUT2D eigenvalue weighted by Crippen LogP contribution is 2.27. The SMILES string of the molecule is Cc1cc(NC(=O)[C@@H]2CSCN2C(=O)Nc2ccc(Cl)cc2)ccc1N1CCOCC1=O. The highest BCUT2D eigenvalue weighted by Gasteiger charge is 2.35. The van der Waals surface area contributed by atoms with Gasteiger partial charge in [0.05, 0.1) is 12.5 Å². The topological polar surface area (TPSA) is 91.0 Å². The third kappa shape index (κ3) is 5.01. The van der Waals surface area contributed by atoms with Crippen LogP contribution >= 0.6 is 23.4 Å². The zero-order valence-corrected chi connectivity index (χ0v) is 19.0. The summed E-state index contributed by atoms with van der Waals surface area (Å²) in [6, 6.07) is 11.3. The number of hydrogen-bond acceptors (Lipinski definition) is 5. The summed E-state index contributed by atoms with van der Waals surface area (Å²) in [7, 11) is 0. The van der Waals surface area contributed by atoms with Crippen molar-refractivity contribution in [3.63, 3.8) is 0 Å². The van der Waals surface area contributed by atoms with Crippen molar-refractivity contribution in [1.82, 2.24) is 4.90 Å². The van der Waals surface area contributed by atoms with E-state index in [1.807, 2.05) is 19.1 Å². The number of urea groups is 1. The van der Waals surface area contributed by atoms with Crippen LogP contribution in [0.3, 0.4) is 0 Å². The Labute approximate surface area is 195 Å². The van der Waals surface area contributed by atoms with Gasteiger partial charge in [0.15, 0.2) is 0 Å². The Balaban J connectivity index is 1.41. The lowest BCUT2D eigenvalue weighted by molar-refractivity contribution is -0.125. The molecule has 2 N–H and O–H groups in total. The molecule has 2 aromatic rings. The Hall–Kier alpha value is -2.75. The first-order valence-electron chi connectivity index (χ1n) is 10.1. The van der Waals surface area contributed by atoms with E-state index >= 15 is 0 Å². The van der Waals surface area contributed by atoms with E-state index in [0.29, 0.717) is 41.2 Å². The zero-order chi connectivity index (χ0) is 22.7. The highest BCUT2D eigenvalue weighted by atomic mass is 35.5. The van der Waals surface area contributed by atoms with Crippen molar-refractivity contribution >= 4 is 58.3 Å². The number of nitrogens with zero attached hydrogens (tertiary/aromatic N) is 2. The second-order valence-electron chi connectivity index (χ2n) is 7.51. The first-order valence-corrected chi connectivity index (χ1v) is 11.7. The molecule has 0 aliphatic carbocycles. The number of amides is 4. The minimum Gasteiger partial charge on any atom is -0.370 e. The number of benzene rings is 2. The molecule has 0 radical (unpaired) electrons. The van der Waals surface area contributed by atoms with Gasteiger partial charge in [-0.1, -0.05) is 11.6 Å². The van der Waals surface area contributed by atoms with E-state index in [0.717, 1.165) is 11.3 Å². The molecule has 10 heteroatoms. The first kappa shape index (κ1) is 22.4. The summed E-state index contributed by atoms with van der Waals surface area (Å²) in [6.07, 6.45) is 0. The molecule has 2 aliphatic heterocycles. The summed E-state index contributed by atoms with van der Waals surface area (Å²) >= 11 is 7.41. The number of rotatable bonds is 4. The molecule has 8 nitrogen and oxygen atoms in total. The molecule has 2 aromatic carbocycles. The van der Waals surface area contributed by atoms with Crippen LogP contribution in [0.25, 0.3) is 0 Å². The molecule has 4 rings (SSSR count). The average Bonchev–Trinajstić information content (AvgIpc) is 3.27. The largest absolute Gasteiger partial charge is 0.370 e. The molecule has 0 bridgehead atoms. The van der Waals surface area contributed by atoms with Crippen molar-refractivity contribution in [2.45, 2.75) is 13.0 Å². The molecule has 4 amide bonds. The Morgan fingerprint density at radius 2 is 1.88 bits per heavy atom. The molecule has 168 valence electrons. The van der Waals surface area contributed by atoms with Crippen molar-refractivity contribution in [2.75, 3.05) is 46.9 Å². The van der Waals surface area contributed by atoms with Crippen LogP contribution in [-0.4, -0.2) is 60.2 Å². The van der Waals surface area contributed by atoms with Gasteiger partial charge in [-0.25, -0.2) is 4.79 Å². The zero-order valence-electron chi connectivity index (χ0n) is 17.5. The maximum Gasteiger partial charge on any atom is 0.323 e. The number of morpholine rings is 1. The molecule has 1 atom stereocenters. The van der Waals surface area contributed by atoms with Gasteiger partial charge in [-0.2, -0.15) is 0 Å². The fourth-order valence-corrected chi connectivity index (χ4v) is 4.90. The average molecular weight is 475 g/mol. The molecule has 2 heterocycles. The third-order valence-corrected chi connectivity index (χ3v) is 6.55. The van der Waals surface area contributed by atoms with Crippen LogP contribution in [0, 0.1) is 6.92 Å². The van der Waals surface area contributed by atoms with E-state index in [-0.39, 0.29) is 24.5 Å². The Morgan fingerprint density at radius 3 is 2.59 bits per heavy atom. The summed E-state index contributed by atoms with van der Waals surface area (Å²) in [6.45, 7) is 2.97. The number of thioether (sulfide) groups is 1. The quantitative estimate of drug-likeness (QED) is 0.707. The van der Waals surface area contributed by atoms with Gasteiger partial charge in [-0.3, -0.25) is 9.59 Å². The third-order valence-electron chi connectivity index (χ3n) is 5.28. The maximum atomic E-state index is 12.9. The lowest BCUT2D eigenvalue weighted by Gasteiger charge is -2.28. The smallest absolute Gasteiger partial charge is 0.323 e. The van der Waals surface area contributed by atoms with Crippen molar-refractivity contribution in [3.05, 3.63) is 53.1 Å². The van der Waals surface area contributed by atoms with E-state index in [2.05, 4.69) is 10.6 Å². The Morgan fingerprint density at radius 1 is 1.12 bits per heavy atom. The fourth-order valence-electron chi connectivity index (χ4n) is 3.62. The summed E-state index contributed by atoms with van der Waals surface area (Å²) in [5.74, 6) is 0.603. The van der Waals surface area contributed by atoms with Crippen molar-refractivity contribution in [1.29, 1.82) is 0 Å². The molecule has 2 fully saturated rings. The summed E-state index contributed by atoms with van der Waals surface area (Å²) in [5, 5.41) is 6.29. The van der Waals surface area contributed by atoms with Gasteiger partial charge < -0.3 is 25.2 Å². The van der Waals surface area contributed by atoms with Crippen molar-refractivity contribution < 1.29 is 19.1 Å². The number of nitrogens with one attached hydrogen (secondary N) is 2. The van der Waals surface area contributed by atoms with E-state index in [1.165, 1.54) is 16.7 Å². The van der Waals surface area contributed by atoms with E-state index in [4.69, 9.17) is 16.3 Å². The molecule has 32 heavy (non-hydrogen) atoms. The minimum absolute atomic E-state index is 0.0746. The maximum absolute atomic E-state index is 12.9. The van der Waals surface area contributed by atoms with Crippen LogP contribution in [0.1, 0.15) is 5.56 Å². The van der Waals surface area contributed by atoms with Gasteiger partial charge in [0, 0.05) is 34.4 Å². The molecule has 0 aromatic heterocycles. The molecule has 0 saturated carbocycles. The van der Waals surface area contributed by atoms with E-state index < -0.39 is 6.04 Å². The number of aryl methyl sites for hydroxylation is 1. The summed E-state index contributed by atoms with van der Waals surface area (Å²) in [5.41, 5.74) is 2.90. The lowest BCUT2D eigenvalue weighted by atomic mass is 10.1. The van der Waals surface area contributed by atoms with Crippen LogP contribution in [0.5, 0.6) is 0 Å². The number of ether oxygens (including phenoxy) is 1. The Kier molecular flexibility index (Phi) is 6.88. The predicted octanol–water partition coefficient (Wildman–Crippen LogP) is 3.56. The minimum atomic E-state index is -0.590. The second kappa shape index (κ2) is 9.81. The van der Waals surface area contributed by atoms with Gasteiger partial charge in [-0.05, 0) is 55.0 Å². The predicted molar refractivity (Wildman–Crippen MR) is 126 cm³/mol. The van der Waals surface area contributed by atoms with Gasteiger partial charge in [0.2, 0.25) is 5.91 Å². The van der Waals surface area contributed by atoms with Gasteiger partial charge in [0.1, 0.15) is 12.6 Å². The molecule has 0 spiro atoms. The summed E-state index contributed by atoms with van der Waals surface area (Å²) < 4.78 is 5.19. The standard InChI is InChI=1S/C22H23ClN4O4S/c1-14-10-17(6-7-18(14)26-8-9-31-11-20(26)28)24-21(29)19-12-32-13-27(19)22(30)25-16-4-2-15(23)3-5-16/h2-7,10,19H,8-9,11-13H2,1H3,(H,24,29)(H,25,30)/t19-/m0/s1. The number of anilines is 3. The van der Waals surface area contributed by atoms with Gasteiger partial charge in [-0.15, -0.1) is 11.8 Å². The van der Waals surface area contributed by atoms with Crippen molar-refractivity contribution in [3.8, 4) is 0 Å². The molecule has 2 saturated heterocycles. The van der Waals surface area contributed by atoms with Crippen LogP contribution in [0.15, 0.2) is 42.5 Å². The number of carbonyl (C=O) groups is 3. The van der Waals surface area contributed by atoms with Gasteiger partial charge in [0.25, 0.3) is 5.91 Å². The number of hydrogen-bond donors (Lipinski definition) is 2. The fraction of sp³-hybridized carbons (Fsp3) is 0.318. The van der Waals surface area contributed by atoms with E-state index in [9.17, 15) is 14.4 Å². The molecule has 0 unspecified atom stereocenters. The Bertz CT molecular complexity index is 1030. The normalized spacial score (nSPS) is 18.6. The van der Waals surface area contributed by atoms with Crippen LogP contribution in [0.4, 0.5) is 21.9 Å². The molecule has 2 aliphatic rings. The van der Waals surface area contributed by atoms with E-state index in [1.54, 1.807) is 35.2 Å². The second-order valence-corrected chi connectivity index (χ2v) is 8.95. The molecular formula is C22H23ClN4O4S. The van der Waals surface area contributed by atoms with Crippen LogP contribution in [0.2, 0.25) is 5.02 Å². The van der Waals surface area contributed by atoms with Crippen molar-refractivity contribution in [2.24, 2.45) is 0 Å². The first-order chi connectivity index (χ1) is 15.4. The molecular weight excluding hydrogens is 452 g/mol. The van der Waals surface area contributed by atoms with Gasteiger partial charge >= 0.3 is 6.03 Å². The monoisotopic (exact) mass is 474 g/mol. The highest BCUT2D eigenvalue weighted by molar-refractivity contribution is 7.99. The summed E-state index contributed by atoms with van der Waals surface area (Å²) in [4.78, 5) is 41.0. The lowest BCUT2D eigenvalue weighted by Crippen LogP contribution is -2.46. The number of carbonyl (C=O) groups excluding carboxylic acids is 3.